The molecule has 0 bridgehead atoms. The van der Waals surface area contributed by atoms with Crippen molar-refractivity contribution < 1.29 is 13.2 Å². The molecule has 0 aliphatic carbocycles. The number of halogens is 5. The van der Waals surface area contributed by atoms with Crippen LogP contribution in [0.4, 0.5) is 13.2 Å². The number of benzene rings is 1. The van der Waals surface area contributed by atoms with Gasteiger partial charge in [0.2, 0.25) is 0 Å². The normalized spacial score (nSPS) is 12.0. The van der Waals surface area contributed by atoms with Crippen molar-refractivity contribution in [1.82, 2.24) is 9.97 Å². The summed E-state index contributed by atoms with van der Waals surface area (Å²) in [6.45, 7) is 0. The molecule has 3 rings (SSSR count). The topological polar surface area (TPSA) is 28.7 Å². The minimum atomic E-state index is -4.38. The molecule has 108 valence electrons. The van der Waals surface area contributed by atoms with Gasteiger partial charge in [0.15, 0.2) is 0 Å². The van der Waals surface area contributed by atoms with Gasteiger partial charge in [0.25, 0.3) is 0 Å². The third kappa shape index (κ3) is 2.59. The van der Waals surface area contributed by atoms with Gasteiger partial charge in [0.1, 0.15) is 0 Å². The maximum absolute atomic E-state index is 12.7. The Hall–Kier alpha value is -1.72. The lowest BCUT2D eigenvalue weighted by Crippen LogP contribution is -2.03. The lowest BCUT2D eigenvalue weighted by molar-refractivity contribution is -0.137. The minimum absolute atomic E-state index is 0.324. The number of H-pyrrole nitrogens is 1. The van der Waals surface area contributed by atoms with E-state index in [0.717, 1.165) is 12.1 Å². The van der Waals surface area contributed by atoms with Gasteiger partial charge < -0.3 is 4.98 Å². The van der Waals surface area contributed by atoms with E-state index in [9.17, 15) is 13.2 Å². The second-order valence-corrected chi connectivity index (χ2v) is 5.28. The summed E-state index contributed by atoms with van der Waals surface area (Å²) < 4.78 is 38.1. The molecule has 2 aromatic heterocycles. The van der Waals surface area contributed by atoms with Crippen LogP contribution in [0.5, 0.6) is 0 Å². The molecule has 0 amide bonds. The molecule has 0 fully saturated rings. The fourth-order valence-electron chi connectivity index (χ4n) is 2.11. The van der Waals surface area contributed by atoms with Gasteiger partial charge in [-0.25, -0.2) is 0 Å². The SMILES string of the molecule is FC(F)(F)c1ccc2[nH]c(-c3c(Cl)cncc3Cl)cc2c1. The summed E-state index contributed by atoms with van der Waals surface area (Å²) >= 11 is 12.1. The van der Waals surface area contributed by atoms with Crippen LogP contribution in [0.1, 0.15) is 5.56 Å². The molecular formula is C14H7Cl2F3N2. The third-order valence-electron chi connectivity index (χ3n) is 3.07. The molecule has 2 nitrogen and oxygen atoms in total. The molecule has 0 spiro atoms. The van der Waals surface area contributed by atoms with Crippen molar-refractivity contribution in [2.45, 2.75) is 6.18 Å². The molecule has 7 heteroatoms. The quantitative estimate of drug-likeness (QED) is 0.622. The van der Waals surface area contributed by atoms with Crippen LogP contribution in [-0.2, 0) is 6.18 Å². The fraction of sp³-hybridized carbons (Fsp3) is 0.0714. The van der Waals surface area contributed by atoms with E-state index in [0.29, 0.717) is 32.2 Å². The van der Waals surface area contributed by atoms with Crippen molar-refractivity contribution in [3.05, 3.63) is 52.3 Å². The van der Waals surface area contributed by atoms with Crippen molar-refractivity contribution >= 4 is 34.1 Å². The first kappa shape index (κ1) is 14.2. The number of nitrogens with zero attached hydrogens (tertiary/aromatic N) is 1. The maximum atomic E-state index is 12.7. The van der Waals surface area contributed by atoms with Crippen molar-refractivity contribution in [3.8, 4) is 11.3 Å². The molecule has 21 heavy (non-hydrogen) atoms. The van der Waals surface area contributed by atoms with E-state index < -0.39 is 11.7 Å². The zero-order valence-corrected chi connectivity index (χ0v) is 11.8. The van der Waals surface area contributed by atoms with Crippen molar-refractivity contribution in [3.63, 3.8) is 0 Å². The van der Waals surface area contributed by atoms with E-state index in [1.54, 1.807) is 6.07 Å². The summed E-state index contributed by atoms with van der Waals surface area (Å²) in [6.07, 6.45) is -1.53. The maximum Gasteiger partial charge on any atom is 0.416 e. The largest absolute Gasteiger partial charge is 0.416 e. The zero-order chi connectivity index (χ0) is 15.2. The van der Waals surface area contributed by atoms with Crippen LogP contribution in [0.2, 0.25) is 10.0 Å². The highest BCUT2D eigenvalue weighted by molar-refractivity contribution is 6.38. The first-order valence-electron chi connectivity index (χ1n) is 5.85. The summed E-state index contributed by atoms with van der Waals surface area (Å²) in [7, 11) is 0. The molecular weight excluding hydrogens is 324 g/mol. The lowest BCUT2D eigenvalue weighted by Gasteiger charge is -2.05. The Kier molecular flexibility index (Phi) is 3.34. The van der Waals surface area contributed by atoms with Crippen molar-refractivity contribution in [2.24, 2.45) is 0 Å². The average Bonchev–Trinajstić information content (AvgIpc) is 2.79. The molecule has 0 atom stereocenters. The Morgan fingerprint density at radius 2 is 1.67 bits per heavy atom. The Balaban J connectivity index is 2.18. The monoisotopic (exact) mass is 330 g/mol. The summed E-state index contributed by atoms with van der Waals surface area (Å²) in [4.78, 5) is 6.85. The number of aromatic nitrogens is 2. The number of pyridine rings is 1. The summed E-state index contributed by atoms with van der Waals surface area (Å²) in [5, 5.41) is 1.08. The Bertz CT molecular complexity index is 804. The first-order valence-corrected chi connectivity index (χ1v) is 6.61. The summed E-state index contributed by atoms with van der Waals surface area (Å²) in [6, 6.07) is 5.07. The van der Waals surface area contributed by atoms with E-state index in [1.807, 2.05) is 0 Å². The molecule has 0 radical (unpaired) electrons. The summed E-state index contributed by atoms with van der Waals surface area (Å²) in [5.74, 6) is 0. The third-order valence-corrected chi connectivity index (χ3v) is 3.64. The first-order chi connectivity index (χ1) is 9.86. The summed E-state index contributed by atoms with van der Waals surface area (Å²) in [5.41, 5.74) is 0.925. The second-order valence-electron chi connectivity index (χ2n) is 4.46. The number of fused-ring (bicyclic) bond motifs is 1. The van der Waals surface area contributed by atoms with Gasteiger partial charge >= 0.3 is 6.18 Å². The molecule has 0 saturated heterocycles. The van der Waals surface area contributed by atoms with Gasteiger partial charge in [-0.2, -0.15) is 13.2 Å². The molecule has 2 heterocycles. The predicted octanol–water partition coefficient (Wildman–Crippen LogP) is 5.56. The highest BCUT2D eigenvalue weighted by Crippen LogP contribution is 2.36. The fourth-order valence-corrected chi connectivity index (χ4v) is 2.68. The molecule has 1 N–H and O–H groups in total. The smallest absolute Gasteiger partial charge is 0.354 e. The van der Waals surface area contributed by atoms with Gasteiger partial charge in [-0.15, -0.1) is 0 Å². The van der Waals surface area contributed by atoms with E-state index >= 15 is 0 Å². The molecule has 1 aromatic carbocycles. The zero-order valence-electron chi connectivity index (χ0n) is 10.3. The second kappa shape index (κ2) is 4.93. The Labute approximate surface area is 127 Å². The Morgan fingerprint density at radius 1 is 1.00 bits per heavy atom. The number of hydrogen-bond acceptors (Lipinski definition) is 1. The van der Waals surface area contributed by atoms with E-state index in [2.05, 4.69) is 9.97 Å². The van der Waals surface area contributed by atoms with Crippen LogP contribution >= 0.6 is 23.2 Å². The van der Waals surface area contributed by atoms with Crippen LogP contribution in [0, 0.1) is 0 Å². The van der Waals surface area contributed by atoms with Crippen LogP contribution < -0.4 is 0 Å². The van der Waals surface area contributed by atoms with Crippen molar-refractivity contribution in [1.29, 1.82) is 0 Å². The van der Waals surface area contributed by atoms with Crippen LogP contribution in [-0.4, -0.2) is 9.97 Å². The van der Waals surface area contributed by atoms with E-state index in [1.165, 1.54) is 18.5 Å². The molecule has 0 aliphatic heterocycles. The van der Waals surface area contributed by atoms with Crippen LogP contribution in [0.3, 0.4) is 0 Å². The van der Waals surface area contributed by atoms with Crippen LogP contribution in [0.15, 0.2) is 36.7 Å². The van der Waals surface area contributed by atoms with Crippen molar-refractivity contribution in [2.75, 3.05) is 0 Å². The Morgan fingerprint density at radius 3 is 2.29 bits per heavy atom. The van der Waals surface area contributed by atoms with E-state index in [4.69, 9.17) is 23.2 Å². The lowest BCUT2D eigenvalue weighted by atomic mass is 10.1. The number of alkyl halides is 3. The van der Waals surface area contributed by atoms with Gasteiger partial charge in [-0.3, -0.25) is 4.98 Å². The molecule has 3 aromatic rings. The van der Waals surface area contributed by atoms with Crippen LogP contribution in [0.25, 0.3) is 22.2 Å². The highest BCUT2D eigenvalue weighted by atomic mass is 35.5. The number of aromatic amines is 1. The van der Waals surface area contributed by atoms with Gasteiger partial charge in [0.05, 0.1) is 15.6 Å². The highest BCUT2D eigenvalue weighted by Gasteiger charge is 2.30. The molecule has 0 unspecified atom stereocenters. The predicted molar refractivity (Wildman–Crippen MR) is 76.6 cm³/mol. The standard InChI is InChI=1S/C14H7Cl2F3N2/c15-9-5-20-6-10(16)13(9)12-4-7-3-8(14(17,18)19)1-2-11(7)21-12/h1-6,21H. The number of nitrogens with one attached hydrogen (secondary N) is 1. The van der Waals surface area contributed by atoms with Gasteiger partial charge in [-0.05, 0) is 24.3 Å². The number of hydrogen-bond donors (Lipinski definition) is 1. The minimum Gasteiger partial charge on any atom is -0.354 e. The average molecular weight is 331 g/mol. The van der Waals surface area contributed by atoms with E-state index in [-0.39, 0.29) is 0 Å². The molecule has 0 aliphatic rings. The van der Waals surface area contributed by atoms with Gasteiger partial charge in [-0.1, -0.05) is 23.2 Å². The van der Waals surface area contributed by atoms with Gasteiger partial charge in [0, 0.05) is 34.6 Å². The molecule has 0 saturated carbocycles. The number of rotatable bonds is 1.